The molecule has 0 aliphatic rings. The van der Waals surface area contributed by atoms with Crippen LogP contribution in [0.15, 0.2) is 0 Å². The Morgan fingerprint density at radius 1 is 1.47 bits per heavy atom. The Morgan fingerprint density at radius 2 is 1.67 bits per heavy atom. The molecule has 0 heterocycles. The van der Waals surface area contributed by atoms with E-state index in [0.717, 1.165) is 0 Å². The number of nitrogens with two attached hydrogens (primary N) is 4. The van der Waals surface area contributed by atoms with Crippen molar-refractivity contribution in [1.29, 1.82) is 0 Å². The Morgan fingerprint density at radius 3 is 1.67 bits per heavy atom. The molecule has 0 aromatic heterocycles. The number of nitrogens with one attached hydrogen (secondary N) is 2. The van der Waals surface area contributed by atoms with Crippen LogP contribution in [0.3, 0.4) is 0 Å². The molecule has 90 valence electrons. The number of hydrogen-bond donors (Lipinski definition) is 7. The van der Waals surface area contributed by atoms with Gasteiger partial charge < -0.3 is 11.1 Å². The summed E-state index contributed by atoms with van der Waals surface area (Å²) in [5, 5.41) is 8.61. The van der Waals surface area contributed by atoms with Crippen molar-refractivity contribution in [3.8, 4) is 0 Å². The van der Waals surface area contributed by atoms with Gasteiger partial charge in [-0.1, -0.05) is 0 Å². The maximum absolute atomic E-state index is 4.95. The minimum absolute atomic E-state index is 0.255. The highest BCUT2D eigenvalue weighted by atomic mass is 32.2. The molecule has 0 amide bonds. The van der Waals surface area contributed by atoms with E-state index in [0.29, 0.717) is 10.3 Å². The number of thioether (sulfide) groups is 1. The molecule has 0 spiro atoms. The van der Waals surface area contributed by atoms with E-state index in [1.54, 1.807) is 14.1 Å². The van der Waals surface area contributed by atoms with Crippen LogP contribution in [0.4, 0.5) is 0 Å². The van der Waals surface area contributed by atoms with Crippen molar-refractivity contribution in [2.45, 2.75) is 0 Å². The second kappa shape index (κ2) is 15.4. The second-order valence-electron chi connectivity index (χ2n) is 1.99. The lowest BCUT2D eigenvalue weighted by atomic mass is 11.1. The van der Waals surface area contributed by atoms with Crippen LogP contribution in [0.25, 0.3) is 0 Å². The average molecular weight is 256 g/mol. The first-order chi connectivity index (χ1) is 6.81. The maximum atomic E-state index is 4.95. The largest absolute Gasteiger partial charge is 0.338 e. The van der Waals surface area contributed by atoms with Crippen molar-refractivity contribution < 1.29 is 16.1 Å². The fourth-order valence-electron chi connectivity index (χ4n) is 0. The Hall–Kier alpha value is -1.06. The van der Waals surface area contributed by atoms with E-state index in [-0.39, 0.29) is 5.96 Å². The molecule has 0 aliphatic heterocycles. The summed E-state index contributed by atoms with van der Waals surface area (Å²) in [6, 6.07) is 0. The molecule has 0 unspecified atom stereocenters. The highest BCUT2D eigenvalue weighted by Crippen LogP contribution is 1.79. The van der Waals surface area contributed by atoms with E-state index in [2.05, 4.69) is 28.3 Å². The van der Waals surface area contributed by atoms with Gasteiger partial charge in [-0.05, 0) is 18.0 Å². The quantitative estimate of drug-likeness (QED) is 0.130. The van der Waals surface area contributed by atoms with Gasteiger partial charge in [0.1, 0.15) is 0 Å². The topological polar surface area (TPSA) is 157 Å². The summed E-state index contributed by atoms with van der Waals surface area (Å²) in [7, 11) is 3.41. The summed E-state index contributed by atoms with van der Waals surface area (Å²) in [5.41, 5.74) is 18.1. The molecule has 0 aliphatic carbocycles. The van der Waals surface area contributed by atoms with E-state index in [9.17, 15) is 0 Å². The third-order valence-corrected chi connectivity index (χ3v) is 1.48. The fourth-order valence-corrected chi connectivity index (χ4v) is 0. The van der Waals surface area contributed by atoms with Crippen molar-refractivity contribution in [3.63, 3.8) is 0 Å². The number of thiocarbonyl (C=S) groups is 1. The Balaban J connectivity index is -0.000000144. The molecule has 9 heteroatoms. The third kappa shape index (κ3) is 63.5. The lowest BCUT2D eigenvalue weighted by molar-refractivity contribution is -0.422. The standard InChI is InChI=1S/C2H7N3.2C2H6N2S/c2*1-5-2(3)4;1-4-2(3)5/h1H3,(H4,3,4,5);1H3,(H3,3,4);1H3,(H3,3,4,5)/p+3. The van der Waals surface area contributed by atoms with Gasteiger partial charge in [0.2, 0.25) is 0 Å². The van der Waals surface area contributed by atoms with Crippen molar-refractivity contribution in [3.05, 3.63) is 0 Å². The molecule has 0 bridgehead atoms. The molecule has 0 rings (SSSR count). The number of quaternary nitrogens is 1. The van der Waals surface area contributed by atoms with E-state index >= 15 is 0 Å². The number of guanidine groups is 1. The van der Waals surface area contributed by atoms with E-state index in [4.69, 9.17) is 22.6 Å². The Bertz CT molecular complexity index is 186. The van der Waals surface area contributed by atoms with Crippen LogP contribution in [0, 0.1) is 0 Å². The first-order valence-electron chi connectivity index (χ1n) is 3.82. The zero-order valence-corrected chi connectivity index (χ0v) is 11.0. The number of amidine groups is 1. The summed E-state index contributed by atoms with van der Waals surface area (Å²) in [6.45, 7) is 0. The van der Waals surface area contributed by atoms with Crippen molar-refractivity contribution in [1.82, 2.24) is 5.32 Å². The van der Waals surface area contributed by atoms with E-state index < -0.39 is 0 Å². The lowest BCUT2D eigenvalue weighted by Gasteiger charge is -1.79. The molecule has 0 aromatic carbocycles. The monoisotopic (exact) mass is 256 g/mol. The predicted molar refractivity (Wildman–Crippen MR) is 69.4 cm³/mol. The summed E-state index contributed by atoms with van der Waals surface area (Å²) < 4.78 is 0. The Kier molecular flexibility index (Phi) is 20.0. The second-order valence-corrected chi connectivity index (χ2v) is 3.36. The third-order valence-electron chi connectivity index (χ3n) is 0.803. The van der Waals surface area contributed by atoms with Crippen LogP contribution in [0.5, 0.6) is 0 Å². The zero-order chi connectivity index (χ0) is 12.9. The summed E-state index contributed by atoms with van der Waals surface area (Å²) >= 11 is 5.83. The van der Waals surface area contributed by atoms with Gasteiger partial charge in [0, 0.05) is 19.3 Å². The molecule has 0 fully saturated rings. The highest BCUT2D eigenvalue weighted by molar-refractivity contribution is 8.12. The summed E-state index contributed by atoms with van der Waals surface area (Å²) in [4.78, 5) is 2.50. The zero-order valence-electron chi connectivity index (χ0n) is 9.33. The Labute approximate surface area is 99.5 Å². The number of hydrogen-bond acceptors (Lipinski definition) is 2. The van der Waals surface area contributed by atoms with Gasteiger partial charge in [-0.25, -0.2) is 0 Å². The fraction of sp³-hybridized carbons (Fsp3) is 0.500. The van der Waals surface area contributed by atoms with Gasteiger partial charge in [0.25, 0.3) is 10.3 Å². The van der Waals surface area contributed by atoms with Gasteiger partial charge in [-0.15, -0.1) is 0 Å². The molecule has 0 saturated heterocycles. The lowest BCUT2D eigenvalue weighted by Crippen LogP contribution is -2.73. The molecule has 0 aromatic rings. The molecule has 7 nitrogen and oxygen atoms in total. The van der Waals surface area contributed by atoms with Gasteiger partial charge >= 0.3 is 5.96 Å². The predicted octanol–water partition coefficient (Wildman–Crippen LogP) is -5.87. The van der Waals surface area contributed by atoms with Crippen molar-refractivity contribution in [2.75, 3.05) is 20.4 Å². The molecule has 13 N–H and O–H groups in total. The highest BCUT2D eigenvalue weighted by Gasteiger charge is 1.80. The first kappa shape index (κ1) is 19.5. The molecule has 15 heavy (non-hydrogen) atoms. The van der Waals surface area contributed by atoms with Gasteiger partial charge in [-0.3, -0.25) is 27.6 Å². The van der Waals surface area contributed by atoms with Gasteiger partial charge in [-0.2, -0.15) is 0 Å². The van der Waals surface area contributed by atoms with Gasteiger partial charge in [0.05, 0.1) is 7.05 Å². The van der Waals surface area contributed by atoms with E-state index in [1.165, 1.54) is 11.8 Å². The molecular weight excluding hydrogens is 234 g/mol. The van der Waals surface area contributed by atoms with Crippen LogP contribution in [-0.4, -0.2) is 36.6 Å². The smallest absolute Gasteiger partial charge is 0.335 e. The van der Waals surface area contributed by atoms with E-state index in [1.807, 2.05) is 6.26 Å². The minimum Gasteiger partial charge on any atom is -0.335 e. The SMILES string of the molecule is CNC([NH3+])=S.CSC(N)=[NH2+].C[NH+]=C(N)N. The van der Waals surface area contributed by atoms with Crippen molar-refractivity contribution in [2.24, 2.45) is 17.2 Å². The van der Waals surface area contributed by atoms with Crippen LogP contribution in [0.1, 0.15) is 0 Å². The molecular formula is C6H22N7S2+3. The van der Waals surface area contributed by atoms with Gasteiger partial charge in [0.15, 0.2) is 0 Å². The summed E-state index contributed by atoms with van der Waals surface area (Å²) in [5.74, 6) is 0.255. The van der Waals surface area contributed by atoms with Crippen LogP contribution >= 0.6 is 24.0 Å². The van der Waals surface area contributed by atoms with Crippen LogP contribution in [0.2, 0.25) is 0 Å². The summed E-state index contributed by atoms with van der Waals surface area (Å²) in [6.07, 6.45) is 1.83. The molecule has 0 saturated carbocycles. The van der Waals surface area contributed by atoms with Crippen molar-refractivity contribution >= 4 is 40.2 Å². The normalized spacial score (nSPS) is 6.93. The maximum Gasteiger partial charge on any atom is 0.338 e. The minimum atomic E-state index is 0.255. The van der Waals surface area contributed by atoms with Crippen LogP contribution in [-0.2, 0) is 0 Å². The van der Waals surface area contributed by atoms with Crippen LogP contribution < -0.4 is 38.7 Å². The molecule has 0 atom stereocenters. The average Bonchev–Trinajstić information content (AvgIpc) is 2.19. The molecule has 0 radical (unpaired) electrons. The first-order valence-corrected chi connectivity index (χ1v) is 5.46. The number of rotatable bonds is 0.